The smallest absolute Gasteiger partial charge is 0.184 e. The lowest BCUT2D eigenvalue weighted by atomic mass is 9.93. The first-order valence-electron chi connectivity index (χ1n) is 11.5. The zero-order valence-corrected chi connectivity index (χ0v) is 26.3. The van der Waals surface area contributed by atoms with Gasteiger partial charge in [0.15, 0.2) is 33.3 Å². The Bertz CT molecular complexity index is 589. The highest BCUT2D eigenvalue weighted by molar-refractivity contribution is 6.71. The summed E-state index contributed by atoms with van der Waals surface area (Å²) in [5.74, 6) is 0.0929. The molecule has 10 heteroatoms. The van der Waals surface area contributed by atoms with Gasteiger partial charge in [0.1, 0.15) is 24.1 Å². The number of carbonyl (C=O) groups excluding carboxylic acids is 1. The first-order valence-corrected chi connectivity index (χ1v) is 25.1. The fraction of sp³-hybridized carbons (Fsp3) is 0.952. The van der Waals surface area contributed by atoms with E-state index in [9.17, 15) is 4.79 Å². The van der Waals surface area contributed by atoms with Crippen molar-refractivity contribution in [1.82, 2.24) is 0 Å². The summed E-state index contributed by atoms with van der Waals surface area (Å²) in [5.41, 5.74) is 0. The predicted molar refractivity (Wildman–Crippen MR) is 138 cm³/mol. The van der Waals surface area contributed by atoms with Crippen LogP contribution in [0.2, 0.25) is 78.6 Å². The Morgan fingerprint density at radius 2 is 1.03 bits per heavy atom. The van der Waals surface area contributed by atoms with Crippen LogP contribution in [0.1, 0.15) is 13.3 Å². The van der Waals surface area contributed by atoms with E-state index in [-0.39, 0.29) is 36.3 Å². The van der Waals surface area contributed by atoms with E-state index in [1.165, 1.54) is 0 Å². The Morgan fingerprint density at radius 1 is 0.645 bits per heavy atom. The molecule has 0 N–H and O–H groups in total. The summed E-state index contributed by atoms with van der Waals surface area (Å²) >= 11 is 0. The Balaban J connectivity index is 3.46. The molecule has 0 aromatic carbocycles. The van der Waals surface area contributed by atoms with E-state index >= 15 is 0 Å². The molecule has 1 aliphatic heterocycles. The third kappa shape index (κ3) is 11.9. The summed E-state index contributed by atoms with van der Waals surface area (Å²) in [6.45, 7) is 28.2. The highest BCUT2D eigenvalue weighted by Crippen LogP contribution is 2.35. The second-order valence-corrected chi connectivity index (χ2v) is 30.5. The zero-order chi connectivity index (χ0) is 24.4. The van der Waals surface area contributed by atoms with Crippen molar-refractivity contribution in [1.29, 1.82) is 0 Å². The Hall–Kier alpha value is 0.338. The molecule has 0 spiro atoms. The van der Waals surface area contributed by atoms with Crippen LogP contribution in [0.15, 0.2) is 0 Å². The van der Waals surface area contributed by atoms with Crippen LogP contribution in [0.4, 0.5) is 0 Å². The van der Waals surface area contributed by atoms with Crippen LogP contribution < -0.4 is 0 Å². The topological polar surface area (TPSA) is 63.2 Å². The van der Waals surface area contributed by atoms with Gasteiger partial charge >= 0.3 is 0 Å². The van der Waals surface area contributed by atoms with E-state index in [0.717, 1.165) is 0 Å². The van der Waals surface area contributed by atoms with E-state index in [1.807, 2.05) is 0 Å². The van der Waals surface area contributed by atoms with Gasteiger partial charge in [-0.3, -0.25) is 4.79 Å². The Labute approximate surface area is 195 Å². The molecular weight excluding hydrogens is 461 g/mol. The fourth-order valence-corrected chi connectivity index (χ4v) is 7.50. The third-order valence-corrected chi connectivity index (χ3v) is 8.34. The van der Waals surface area contributed by atoms with E-state index in [4.69, 9.17) is 22.4 Å². The zero-order valence-electron chi connectivity index (χ0n) is 22.3. The van der Waals surface area contributed by atoms with Gasteiger partial charge in [0.2, 0.25) is 0 Å². The average molecular weight is 509 g/mol. The van der Waals surface area contributed by atoms with Crippen LogP contribution in [-0.4, -0.2) is 76.2 Å². The average Bonchev–Trinajstić information content (AvgIpc) is 2.46. The van der Waals surface area contributed by atoms with E-state index in [1.54, 1.807) is 6.92 Å². The number of ether oxygens (including phenoxy) is 1. The van der Waals surface area contributed by atoms with Crippen LogP contribution in [0.3, 0.4) is 0 Å². The molecule has 0 radical (unpaired) electrons. The maximum absolute atomic E-state index is 12.1. The highest BCUT2D eigenvalue weighted by Gasteiger charge is 2.51. The number of hydrogen-bond donors (Lipinski definition) is 0. The first-order chi connectivity index (χ1) is 13.7. The molecular formula is C21H48O6Si4. The minimum absolute atomic E-state index is 0.0929. The second kappa shape index (κ2) is 10.7. The molecule has 5 atom stereocenters. The molecule has 1 heterocycles. The fourth-order valence-electron chi connectivity index (χ4n) is 3.55. The van der Waals surface area contributed by atoms with Crippen molar-refractivity contribution < 1.29 is 27.2 Å². The lowest BCUT2D eigenvalue weighted by Gasteiger charge is -2.51. The van der Waals surface area contributed by atoms with E-state index in [0.29, 0.717) is 13.0 Å². The number of ketones is 1. The summed E-state index contributed by atoms with van der Waals surface area (Å²) < 4.78 is 33.0. The van der Waals surface area contributed by atoms with Gasteiger partial charge in [0.05, 0.1) is 18.8 Å². The summed E-state index contributed by atoms with van der Waals surface area (Å²) in [6, 6.07) is 0. The van der Waals surface area contributed by atoms with Crippen molar-refractivity contribution in [2.45, 2.75) is 122 Å². The molecule has 184 valence electrons. The predicted octanol–water partition coefficient (Wildman–Crippen LogP) is 5.24. The van der Waals surface area contributed by atoms with Gasteiger partial charge in [-0.25, -0.2) is 0 Å². The van der Waals surface area contributed by atoms with Crippen molar-refractivity contribution >= 4 is 39.1 Å². The van der Waals surface area contributed by atoms with Crippen molar-refractivity contribution in [2.24, 2.45) is 0 Å². The minimum Gasteiger partial charge on any atom is -0.415 e. The molecule has 31 heavy (non-hydrogen) atoms. The Morgan fingerprint density at radius 3 is 1.39 bits per heavy atom. The van der Waals surface area contributed by atoms with Crippen LogP contribution in [0, 0.1) is 0 Å². The number of hydrogen-bond acceptors (Lipinski definition) is 6. The summed E-state index contributed by atoms with van der Waals surface area (Å²) in [4.78, 5) is 12.1. The van der Waals surface area contributed by atoms with Gasteiger partial charge in [-0.05, 0) is 85.5 Å². The van der Waals surface area contributed by atoms with Crippen LogP contribution in [-0.2, 0) is 27.2 Å². The molecule has 0 bridgehead atoms. The molecule has 0 aromatic rings. The number of Topliss-reactive ketones (excluding diaryl/α,β-unsaturated/α-hetero) is 1. The van der Waals surface area contributed by atoms with Crippen molar-refractivity contribution in [3.8, 4) is 0 Å². The lowest BCUT2D eigenvalue weighted by Crippen LogP contribution is -2.66. The Kier molecular flexibility index (Phi) is 10.2. The molecule has 0 unspecified atom stereocenters. The summed E-state index contributed by atoms with van der Waals surface area (Å²) in [5, 5.41) is 0. The molecule has 1 saturated heterocycles. The van der Waals surface area contributed by atoms with Crippen molar-refractivity contribution in [2.75, 3.05) is 6.61 Å². The van der Waals surface area contributed by atoms with Gasteiger partial charge in [-0.2, -0.15) is 0 Å². The number of carbonyl (C=O) groups is 1. The second-order valence-electron chi connectivity index (χ2n) is 12.6. The standard InChI is InChI=1S/C21H48O6Si4/c1-16(22)14-17-19(25-29(5,6)7)21(27-31(11,12)13)20(26-30(8,9)10)18(24-17)15-23-28(2,3)4/h17-21H,14-15H2,1-13H3/t17-,18+,19-,20-,21+/m0/s1. The van der Waals surface area contributed by atoms with Crippen molar-refractivity contribution in [3.63, 3.8) is 0 Å². The SMILES string of the molecule is CC(=O)C[C@@H]1O[C@H](CO[Si](C)(C)C)[C@H](O[Si](C)(C)C)[C@H](O[Si](C)(C)C)[C@H]1O[Si](C)(C)C. The maximum Gasteiger partial charge on any atom is 0.184 e. The van der Waals surface area contributed by atoms with Crippen molar-refractivity contribution in [3.05, 3.63) is 0 Å². The van der Waals surface area contributed by atoms with Crippen LogP contribution in [0.5, 0.6) is 0 Å². The summed E-state index contributed by atoms with van der Waals surface area (Å²) in [7, 11) is -7.55. The molecule has 1 fully saturated rings. The van der Waals surface area contributed by atoms with Gasteiger partial charge < -0.3 is 22.4 Å². The molecule has 0 aliphatic carbocycles. The molecule has 1 aliphatic rings. The molecule has 0 aromatic heterocycles. The largest absolute Gasteiger partial charge is 0.415 e. The quantitative estimate of drug-likeness (QED) is 0.355. The third-order valence-electron chi connectivity index (χ3n) is 4.37. The monoisotopic (exact) mass is 508 g/mol. The minimum atomic E-state index is -1.94. The van der Waals surface area contributed by atoms with Gasteiger partial charge in [-0.1, -0.05) is 0 Å². The summed E-state index contributed by atoms with van der Waals surface area (Å²) in [6.07, 6.45) is -1.22. The lowest BCUT2D eigenvalue weighted by molar-refractivity contribution is -0.214. The van der Waals surface area contributed by atoms with Crippen LogP contribution >= 0.6 is 0 Å². The van der Waals surface area contributed by atoms with Gasteiger partial charge in [0.25, 0.3) is 0 Å². The van der Waals surface area contributed by atoms with Gasteiger partial charge in [-0.15, -0.1) is 0 Å². The van der Waals surface area contributed by atoms with E-state index in [2.05, 4.69) is 78.6 Å². The first kappa shape index (κ1) is 29.4. The maximum atomic E-state index is 12.1. The molecule has 0 saturated carbocycles. The van der Waals surface area contributed by atoms with Crippen LogP contribution in [0.25, 0.3) is 0 Å². The van der Waals surface area contributed by atoms with Gasteiger partial charge in [0, 0.05) is 6.42 Å². The molecule has 0 amide bonds. The highest BCUT2D eigenvalue weighted by atomic mass is 28.4. The molecule has 1 rings (SSSR count). The normalized spacial score (nSPS) is 28.6. The number of rotatable bonds is 11. The molecule has 6 nitrogen and oxygen atoms in total. The van der Waals surface area contributed by atoms with E-state index < -0.39 is 33.3 Å².